The third-order valence-electron chi connectivity index (χ3n) is 3.39. The van der Waals surface area contributed by atoms with Crippen molar-refractivity contribution in [2.45, 2.75) is 52.6 Å². The van der Waals surface area contributed by atoms with Crippen LogP contribution in [0, 0.1) is 11.3 Å². The Morgan fingerprint density at radius 3 is 2.12 bits per heavy atom. The Morgan fingerprint density at radius 1 is 1.25 bits per heavy atom. The van der Waals surface area contributed by atoms with E-state index in [-0.39, 0.29) is 6.10 Å². The summed E-state index contributed by atoms with van der Waals surface area (Å²) in [6.45, 7) is 9.62. The van der Waals surface area contributed by atoms with Crippen LogP contribution in [0.25, 0.3) is 0 Å². The summed E-state index contributed by atoms with van der Waals surface area (Å²) in [6.07, 6.45) is 3.63. The van der Waals surface area contributed by atoms with Crippen molar-refractivity contribution in [2.75, 3.05) is 0 Å². The molecular weight excluding hydrogens is 207 g/mol. The first-order valence-electron chi connectivity index (χ1n) is 5.86. The Hall–Kier alpha value is -0.860. The maximum Gasteiger partial charge on any atom is 0.366 e. The summed E-state index contributed by atoms with van der Waals surface area (Å²) in [5.74, 6) is -1.24. The van der Waals surface area contributed by atoms with Crippen LogP contribution in [0.2, 0.25) is 0 Å². The fraction of sp³-hybridized carbons (Fsp3) is 0.769. The average Bonchev–Trinajstić information content (AvgIpc) is 2.17. The molecule has 0 atom stereocenters. The minimum atomic E-state index is -1.00. The van der Waals surface area contributed by atoms with Gasteiger partial charge in [0.2, 0.25) is 5.83 Å². The van der Waals surface area contributed by atoms with Gasteiger partial charge in [0.25, 0.3) is 0 Å². The fourth-order valence-corrected chi connectivity index (χ4v) is 2.26. The van der Waals surface area contributed by atoms with Crippen molar-refractivity contribution in [3.05, 3.63) is 12.4 Å². The Kier molecular flexibility index (Phi) is 4.11. The second-order valence-corrected chi connectivity index (χ2v) is 5.65. The molecule has 0 N–H and O–H groups in total. The third kappa shape index (κ3) is 3.62. The normalized spacial score (nSPS) is 26.2. The molecule has 0 bridgehead atoms. The first-order chi connectivity index (χ1) is 7.30. The molecule has 0 saturated heterocycles. The van der Waals surface area contributed by atoms with E-state index >= 15 is 0 Å². The molecule has 1 saturated carbocycles. The highest BCUT2D eigenvalue weighted by atomic mass is 19.1. The standard InChI is InChI=1S/C13H21FO2/c1-9(14)12(15)16-11-7-5-10(6-8-11)13(2,3)4/h10-11H,1,5-8H2,2-4H3. The highest BCUT2D eigenvalue weighted by molar-refractivity contribution is 5.85. The number of halogens is 1. The Bertz CT molecular complexity index is 270. The van der Waals surface area contributed by atoms with Gasteiger partial charge >= 0.3 is 5.97 Å². The summed E-state index contributed by atoms with van der Waals surface area (Å²) in [6, 6.07) is 0. The molecule has 0 aromatic rings. The monoisotopic (exact) mass is 228 g/mol. The molecule has 16 heavy (non-hydrogen) atoms. The van der Waals surface area contributed by atoms with Gasteiger partial charge in [0.1, 0.15) is 6.10 Å². The summed E-state index contributed by atoms with van der Waals surface area (Å²) in [4.78, 5) is 11.0. The van der Waals surface area contributed by atoms with Crippen LogP contribution >= 0.6 is 0 Å². The summed E-state index contributed by atoms with van der Waals surface area (Å²) in [5.41, 5.74) is 0.304. The maximum atomic E-state index is 12.4. The quantitative estimate of drug-likeness (QED) is 0.533. The molecule has 0 radical (unpaired) electrons. The predicted octanol–water partition coefficient (Wildman–Crippen LogP) is 3.62. The summed E-state index contributed by atoms with van der Waals surface area (Å²) in [7, 11) is 0. The Morgan fingerprint density at radius 2 is 1.75 bits per heavy atom. The second kappa shape index (κ2) is 4.98. The first-order valence-corrected chi connectivity index (χ1v) is 5.86. The lowest BCUT2D eigenvalue weighted by Crippen LogP contribution is -2.30. The van der Waals surface area contributed by atoms with E-state index in [4.69, 9.17) is 4.74 Å². The van der Waals surface area contributed by atoms with E-state index in [2.05, 4.69) is 27.4 Å². The van der Waals surface area contributed by atoms with Crippen LogP contribution in [0.15, 0.2) is 12.4 Å². The molecule has 0 unspecified atom stereocenters. The van der Waals surface area contributed by atoms with E-state index in [1.165, 1.54) is 0 Å². The van der Waals surface area contributed by atoms with Crippen LogP contribution < -0.4 is 0 Å². The number of ether oxygens (including phenoxy) is 1. The predicted molar refractivity (Wildman–Crippen MR) is 61.5 cm³/mol. The molecule has 0 aromatic carbocycles. The second-order valence-electron chi connectivity index (χ2n) is 5.65. The number of carbonyl (C=O) groups is 1. The van der Waals surface area contributed by atoms with Crippen LogP contribution in [0.5, 0.6) is 0 Å². The van der Waals surface area contributed by atoms with Gasteiger partial charge in [0, 0.05) is 0 Å². The number of hydrogen-bond donors (Lipinski definition) is 0. The Balaban J connectivity index is 2.38. The highest BCUT2D eigenvalue weighted by Gasteiger charge is 2.31. The molecule has 92 valence electrons. The largest absolute Gasteiger partial charge is 0.457 e. The fourth-order valence-electron chi connectivity index (χ4n) is 2.26. The molecule has 0 aliphatic heterocycles. The van der Waals surface area contributed by atoms with Crippen LogP contribution in [-0.2, 0) is 9.53 Å². The summed E-state index contributed by atoms with van der Waals surface area (Å²) >= 11 is 0. The maximum absolute atomic E-state index is 12.4. The van der Waals surface area contributed by atoms with E-state index in [1.54, 1.807) is 0 Å². The van der Waals surface area contributed by atoms with Crippen molar-refractivity contribution in [1.29, 1.82) is 0 Å². The topological polar surface area (TPSA) is 26.3 Å². The number of rotatable bonds is 2. The van der Waals surface area contributed by atoms with Crippen LogP contribution in [-0.4, -0.2) is 12.1 Å². The lowest BCUT2D eigenvalue weighted by molar-refractivity contribution is -0.148. The zero-order chi connectivity index (χ0) is 12.3. The van der Waals surface area contributed by atoms with E-state index in [1.807, 2.05) is 0 Å². The van der Waals surface area contributed by atoms with Crippen molar-refractivity contribution in [3.8, 4) is 0 Å². The summed E-state index contributed by atoms with van der Waals surface area (Å²) < 4.78 is 17.4. The lowest BCUT2D eigenvalue weighted by Gasteiger charge is -2.36. The zero-order valence-corrected chi connectivity index (χ0v) is 10.4. The first kappa shape index (κ1) is 13.2. The van der Waals surface area contributed by atoms with Gasteiger partial charge < -0.3 is 4.74 Å². The molecule has 2 nitrogen and oxygen atoms in total. The van der Waals surface area contributed by atoms with Gasteiger partial charge in [-0.2, -0.15) is 4.39 Å². The molecule has 1 aliphatic carbocycles. The van der Waals surface area contributed by atoms with Crippen LogP contribution in [0.3, 0.4) is 0 Å². The minimum Gasteiger partial charge on any atom is -0.457 e. The smallest absolute Gasteiger partial charge is 0.366 e. The molecule has 0 aromatic heterocycles. The number of hydrogen-bond acceptors (Lipinski definition) is 2. The van der Waals surface area contributed by atoms with Crippen molar-refractivity contribution < 1.29 is 13.9 Å². The van der Waals surface area contributed by atoms with Gasteiger partial charge in [-0.15, -0.1) is 0 Å². The lowest BCUT2D eigenvalue weighted by atomic mass is 9.72. The van der Waals surface area contributed by atoms with Crippen LogP contribution in [0.4, 0.5) is 4.39 Å². The van der Waals surface area contributed by atoms with Gasteiger partial charge in [-0.1, -0.05) is 27.4 Å². The van der Waals surface area contributed by atoms with E-state index in [0.717, 1.165) is 25.7 Å². The molecule has 1 aliphatic rings. The number of esters is 1. The Labute approximate surface area is 96.9 Å². The third-order valence-corrected chi connectivity index (χ3v) is 3.39. The number of carbonyl (C=O) groups excluding carboxylic acids is 1. The molecule has 0 spiro atoms. The molecule has 3 heteroatoms. The minimum absolute atomic E-state index is 0.126. The molecular formula is C13H21FO2. The zero-order valence-electron chi connectivity index (χ0n) is 10.4. The SMILES string of the molecule is C=C(F)C(=O)OC1CCC(C(C)(C)C)CC1. The molecule has 0 heterocycles. The van der Waals surface area contributed by atoms with Gasteiger partial charge in [0.15, 0.2) is 0 Å². The molecule has 1 rings (SSSR count). The molecule has 1 fully saturated rings. The van der Waals surface area contributed by atoms with Crippen molar-refractivity contribution in [3.63, 3.8) is 0 Å². The van der Waals surface area contributed by atoms with E-state index in [0.29, 0.717) is 11.3 Å². The van der Waals surface area contributed by atoms with E-state index < -0.39 is 11.8 Å². The highest BCUT2D eigenvalue weighted by Crippen LogP contribution is 2.38. The van der Waals surface area contributed by atoms with Crippen LogP contribution in [0.1, 0.15) is 46.5 Å². The van der Waals surface area contributed by atoms with Gasteiger partial charge in [-0.3, -0.25) is 0 Å². The van der Waals surface area contributed by atoms with Gasteiger partial charge in [-0.05, 0) is 37.0 Å². The molecule has 0 amide bonds. The van der Waals surface area contributed by atoms with Crippen molar-refractivity contribution in [1.82, 2.24) is 0 Å². The van der Waals surface area contributed by atoms with Gasteiger partial charge in [-0.25, -0.2) is 4.79 Å². The van der Waals surface area contributed by atoms with E-state index in [9.17, 15) is 9.18 Å². The van der Waals surface area contributed by atoms with Crippen molar-refractivity contribution >= 4 is 5.97 Å². The average molecular weight is 228 g/mol. The van der Waals surface area contributed by atoms with Crippen molar-refractivity contribution in [2.24, 2.45) is 11.3 Å². The van der Waals surface area contributed by atoms with Gasteiger partial charge in [0.05, 0.1) is 0 Å². The summed E-state index contributed by atoms with van der Waals surface area (Å²) in [5, 5.41) is 0.